The van der Waals surface area contributed by atoms with Gasteiger partial charge in [0.25, 0.3) is 0 Å². The fourth-order valence-corrected chi connectivity index (χ4v) is 3.62. The first-order chi connectivity index (χ1) is 14.6. The number of carbonyl (C=O) groups excluding carboxylic acids is 1. The van der Waals surface area contributed by atoms with Crippen LogP contribution < -0.4 is 0 Å². The molecule has 3 aromatic rings. The maximum absolute atomic E-state index is 14.1. The normalized spacial score (nSPS) is 15.7. The lowest BCUT2D eigenvalue weighted by Crippen LogP contribution is -2.05. The lowest BCUT2D eigenvalue weighted by molar-refractivity contribution is 0.0526. The smallest absolute Gasteiger partial charge is 0.339 e. The van der Waals surface area contributed by atoms with Crippen molar-refractivity contribution < 1.29 is 18.3 Å². The molecule has 4 rings (SSSR count). The molecule has 2 heterocycles. The highest BCUT2D eigenvalue weighted by atomic mass is 19.1. The van der Waals surface area contributed by atoms with Gasteiger partial charge in [0, 0.05) is 23.7 Å². The first-order valence-electron chi connectivity index (χ1n) is 9.80. The van der Waals surface area contributed by atoms with Crippen LogP contribution in [0.15, 0.2) is 65.9 Å². The first kappa shape index (κ1) is 19.9. The highest BCUT2D eigenvalue weighted by Crippen LogP contribution is 2.33. The second kappa shape index (κ2) is 8.53. The molecule has 1 atom stereocenters. The molecule has 0 bridgehead atoms. The molecule has 0 radical (unpaired) electrons. The third-order valence-corrected chi connectivity index (χ3v) is 5.10. The molecule has 1 unspecified atom stereocenters. The Hall–Kier alpha value is -3.41. The van der Waals surface area contributed by atoms with Crippen molar-refractivity contribution in [1.29, 1.82) is 0 Å². The number of esters is 1. The van der Waals surface area contributed by atoms with Crippen molar-refractivity contribution >= 4 is 11.7 Å². The monoisotopic (exact) mass is 406 g/mol. The van der Waals surface area contributed by atoms with Gasteiger partial charge in [-0.1, -0.05) is 30.3 Å². The molecule has 0 saturated carbocycles. The summed E-state index contributed by atoms with van der Waals surface area (Å²) >= 11 is 0. The Balaban J connectivity index is 1.56. The van der Waals surface area contributed by atoms with E-state index in [1.54, 1.807) is 19.2 Å². The van der Waals surface area contributed by atoms with Crippen LogP contribution in [0.5, 0.6) is 0 Å². The van der Waals surface area contributed by atoms with Crippen molar-refractivity contribution in [2.45, 2.75) is 25.8 Å². The average Bonchev–Trinajstić information content (AvgIpc) is 3.24. The Morgan fingerprint density at radius 1 is 1.07 bits per heavy atom. The molecule has 0 aliphatic carbocycles. The number of benzene rings is 2. The number of halogens is 2. The summed E-state index contributed by atoms with van der Waals surface area (Å²) < 4.78 is 33.1. The molecular formula is C24H20F2N2O2. The second-order valence-electron chi connectivity index (χ2n) is 7.03. The predicted octanol–water partition coefficient (Wildman–Crippen LogP) is 5.53. The van der Waals surface area contributed by atoms with E-state index < -0.39 is 17.6 Å². The van der Waals surface area contributed by atoms with Crippen LogP contribution in [0.4, 0.5) is 8.78 Å². The lowest BCUT2D eigenvalue weighted by Gasteiger charge is -2.09. The molecule has 30 heavy (non-hydrogen) atoms. The fraction of sp³-hybridized carbons (Fsp3) is 0.208. The Morgan fingerprint density at radius 3 is 2.50 bits per heavy atom. The number of aliphatic imine (C=N–C) groups is 1. The first-order valence-corrected chi connectivity index (χ1v) is 9.80. The summed E-state index contributed by atoms with van der Waals surface area (Å²) in [5.41, 5.74) is 3.51. The standard InChI is InChI=1S/C24H20F2N2O2/c1-2-30-24(29)18-12-17(13-27-14-18)15-6-8-16(9-7-15)21-10-11-22(28-21)23-19(25)4-3-5-20(23)26/h3-9,12-14,21H,2,10-11H2,1H3. The number of aromatic nitrogens is 1. The minimum atomic E-state index is -0.585. The summed E-state index contributed by atoms with van der Waals surface area (Å²) in [7, 11) is 0. The SMILES string of the molecule is CCOC(=O)c1cncc(-c2ccc(C3CCC(c4c(F)cccc4F)=N3)cc2)c1. The third kappa shape index (κ3) is 3.99. The summed E-state index contributed by atoms with van der Waals surface area (Å²) in [6, 6.07) is 13.2. The summed E-state index contributed by atoms with van der Waals surface area (Å²) in [4.78, 5) is 20.6. The molecule has 1 aliphatic heterocycles. The summed E-state index contributed by atoms with van der Waals surface area (Å²) in [5.74, 6) is -1.57. The second-order valence-corrected chi connectivity index (χ2v) is 7.03. The van der Waals surface area contributed by atoms with Crippen LogP contribution in [0.1, 0.15) is 47.3 Å². The molecule has 0 amide bonds. The minimum absolute atomic E-state index is 0.0292. The molecule has 2 aromatic carbocycles. The van der Waals surface area contributed by atoms with E-state index in [0.29, 0.717) is 30.7 Å². The van der Waals surface area contributed by atoms with E-state index in [4.69, 9.17) is 4.74 Å². The van der Waals surface area contributed by atoms with Crippen LogP contribution >= 0.6 is 0 Å². The number of hydrogen-bond acceptors (Lipinski definition) is 4. The zero-order valence-corrected chi connectivity index (χ0v) is 16.4. The number of carbonyl (C=O) groups is 1. The van der Waals surface area contributed by atoms with E-state index in [0.717, 1.165) is 16.7 Å². The van der Waals surface area contributed by atoms with Gasteiger partial charge in [0.1, 0.15) is 11.6 Å². The highest BCUT2D eigenvalue weighted by Gasteiger charge is 2.24. The van der Waals surface area contributed by atoms with E-state index in [1.165, 1.54) is 24.4 Å². The van der Waals surface area contributed by atoms with Crippen LogP contribution in [0.3, 0.4) is 0 Å². The van der Waals surface area contributed by atoms with Gasteiger partial charge in [-0.25, -0.2) is 13.6 Å². The number of hydrogen-bond donors (Lipinski definition) is 0. The fourth-order valence-electron chi connectivity index (χ4n) is 3.62. The Bertz CT molecular complexity index is 1090. The van der Waals surface area contributed by atoms with Crippen LogP contribution in [0.2, 0.25) is 0 Å². The van der Waals surface area contributed by atoms with Gasteiger partial charge in [-0.15, -0.1) is 0 Å². The summed E-state index contributed by atoms with van der Waals surface area (Å²) in [6.07, 6.45) is 4.38. The molecule has 4 nitrogen and oxygen atoms in total. The van der Waals surface area contributed by atoms with Gasteiger partial charge in [0.05, 0.1) is 23.8 Å². The summed E-state index contributed by atoms with van der Waals surface area (Å²) in [6.45, 7) is 2.06. The van der Waals surface area contributed by atoms with Crippen molar-refractivity contribution in [2.75, 3.05) is 6.61 Å². The number of pyridine rings is 1. The van der Waals surface area contributed by atoms with Crippen LogP contribution in [0.25, 0.3) is 11.1 Å². The van der Waals surface area contributed by atoms with Crippen molar-refractivity contribution in [3.8, 4) is 11.1 Å². The number of ether oxygens (including phenoxy) is 1. The minimum Gasteiger partial charge on any atom is -0.462 e. The molecular weight excluding hydrogens is 386 g/mol. The Kier molecular flexibility index (Phi) is 5.65. The lowest BCUT2D eigenvalue weighted by atomic mass is 9.99. The highest BCUT2D eigenvalue weighted by molar-refractivity contribution is 6.02. The van der Waals surface area contributed by atoms with Crippen LogP contribution in [-0.4, -0.2) is 23.3 Å². The topological polar surface area (TPSA) is 51.5 Å². The average molecular weight is 406 g/mol. The number of rotatable bonds is 5. The van der Waals surface area contributed by atoms with Crippen molar-refractivity contribution in [3.05, 3.63) is 89.2 Å². The maximum atomic E-state index is 14.1. The number of nitrogens with zero attached hydrogens (tertiary/aromatic N) is 2. The van der Waals surface area contributed by atoms with Gasteiger partial charge in [-0.3, -0.25) is 9.98 Å². The van der Waals surface area contributed by atoms with Crippen LogP contribution in [-0.2, 0) is 4.74 Å². The maximum Gasteiger partial charge on any atom is 0.339 e. The Morgan fingerprint density at radius 2 is 1.80 bits per heavy atom. The van der Waals surface area contributed by atoms with Crippen LogP contribution in [0, 0.1) is 11.6 Å². The van der Waals surface area contributed by atoms with Gasteiger partial charge < -0.3 is 4.74 Å². The summed E-state index contributed by atoms with van der Waals surface area (Å²) in [5, 5.41) is 0. The zero-order chi connectivity index (χ0) is 21.1. The molecule has 0 saturated heterocycles. The quantitative estimate of drug-likeness (QED) is 0.524. The molecule has 1 aromatic heterocycles. The molecule has 0 N–H and O–H groups in total. The van der Waals surface area contributed by atoms with Gasteiger partial charge >= 0.3 is 5.97 Å². The van der Waals surface area contributed by atoms with Crippen molar-refractivity contribution in [3.63, 3.8) is 0 Å². The van der Waals surface area contributed by atoms with Crippen molar-refractivity contribution in [2.24, 2.45) is 4.99 Å². The predicted molar refractivity (Wildman–Crippen MR) is 110 cm³/mol. The molecule has 152 valence electrons. The largest absolute Gasteiger partial charge is 0.462 e. The molecule has 0 spiro atoms. The van der Waals surface area contributed by atoms with E-state index in [2.05, 4.69) is 9.98 Å². The van der Waals surface area contributed by atoms with E-state index in [1.807, 2.05) is 24.3 Å². The van der Waals surface area contributed by atoms with Crippen molar-refractivity contribution in [1.82, 2.24) is 4.98 Å². The molecule has 1 aliphatic rings. The molecule has 0 fully saturated rings. The third-order valence-electron chi connectivity index (χ3n) is 5.10. The zero-order valence-electron chi connectivity index (χ0n) is 16.4. The van der Waals surface area contributed by atoms with Gasteiger partial charge in [0.15, 0.2) is 0 Å². The Labute approximate surface area is 173 Å². The van der Waals surface area contributed by atoms with E-state index in [9.17, 15) is 13.6 Å². The van der Waals surface area contributed by atoms with E-state index >= 15 is 0 Å². The van der Waals surface area contributed by atoms with E-state index in [-0.39, 0.29) is 11.6 Å². The van der Waals surface area contributed by atoms with Gasteiger partial charge in [-0.05, 0) is 49.1 Å². The van der Waals surface area contributed by atoms with Gasteiger partial charge in [-0.2, -0.15) is 0 Å². The van der Waals surface area contributed by atoms with Gasteiger partial charge in [0.2, 0.25) is 0 Å². The molecule has 6 heteroatoms.